The number of fused-ring (bicyclic) bond motifs is 1. The van der Waals surface area contributed by atoms with E-state index in [-0.39, 0.29) is 36.1 Å². The van der Waals surface area contributed by atoms with E-state index >= 15 is 0 Å². The highest BCUT2D eigenvalue weighted by molar-refractivity contribution is 7.90. The molecule has 6 amide bonds. The lowest BCUT2D eigenvalue weighted by Gasteiger charge is -2.40. The van der Waals surface area contributed by atoms with Gasteiger partial charge in [0.25, 0.3) is 0 Å². The summed E-state index contributed by atoms with van der Waals surface area (Å²) >= 11 is 0. The molecule has 1 aromatic carbocycles. The number of carbonyl (C=O) groups excluding carboxylic acids is 5. The van der Waals surface area contributed by atoms with Crippen LogP contribution in [0.5, 0.6) is 0 Å². The van der Waals surface area contributed by atoms with Crippen molar-refractivity contribution in [2.24, 2.45) is 28.4 Å². The van der Waals surface area contributed by atoms with Gasteiger partial charge in [0.15, 0.2) is 0 Å². The van der Waals surface area contributed by atoms with Crippen molar-refractivity contribution in [1.29, 1.82) is 0 Å². The molecule has 0 unspecified atom stereocenters. The number of amides is 6. The molecule has 0 radical (unpaired) electrons. The summed E-state index contributed by atoms with van der Waals surface area (Å²) in [7, 11) is -3.44. The standard InChI is InChI=1S/C36H54F2N6O7S/c1-34(2,3)28(42-33(49)43-36(20-52(6,50)51)15-8-7-9-16-36)32(48)44-19-23-26(35(23,4)5)27(44)31(47)41-24(18-25(37)38)30(46)40-17-14-21-10-12-22(13-11-21)29(39)45/h10-13,23-28H,7-9,14-20H2,1-6H3,(H2,39,45)(H,40,46)(H,41,47)(H2,42,43,49)/t23-,24-,26-,27-,28+/m0/s1. The van der Waals surface area contributed by atoms with Crippen LogP contribution in [0.2, 0.25) is 0 Å². The largest absolute Gasteiger partial charge is 0.366 e. The molecule has 0 aromatic heterocycles. The molecule has 290 valence electrons. The number of benzene rings is 1. The van der Waals surface area contributed by atoms with Crippen LogP contribution in [0, 0.1) is 22.7 Å². The molecule has 16 heteroatoms. The molecule has 52 heavy (non-hydrogen) atoms. The van der Waals surface area contributed by atoms with Crippen molar-refractivity contribution in [3.8, 4) is 0 Å². The topological polar surface area (TPSA) is 197 Å². The molecule has 2 aliphatic carbocycles. The van der Waals surface area contributed by atoms with Gasteiger partial charge in [-0.05, 0) is 59.6 Å². The number of halogens is 2. The fourth-order valence-electron chi connectivity index (χ4n) is 8.03. The van der Waals surface area contributed by atoms with Crippen molar-refractivity contribution in [1.82, 2.24) is 26.2 Å². The lowest BCUT2D eigenvalue weighted by molar-refractivity contribution is -0.144. The monoisotopic (exact) mass is 752 g/mol. The van der Waals surface area contributed by atoms with Crippen molar-refractivity contribution >= 4 is 39.5 Å². The first-order chi connectivity index (χ1) is 24.0. The second-order valence-electron chi connectivity index (χ2n) is 16.5. The number of nitrogens with two attached hydrogens (primary N) is 1. The van der Waals surface area contributed by atoms with Crippen LogP contribution >= 0.6 is 0 Å². The second kappa shape index (κ2) is 15.7. The van der Waals surface area contributed by atoms with Gasteiger partial charge in [0.05, 0.1) is 11.3 Å². The van der Waals surface area contributed by atoms with E-state index in [1.165, 1.54) is 4.90 Å². The maximum atomic E-state index is 14.3. The van der Waals surface area contributed by atoms with Crippen LogP contribution < -0.4 is 27.0 Å². The zero-order valence-electron chi connectivity index (χ0n) is 30.9. The van der Waals surface area contributed by atoms with Crippen molar-refractivity contribution in [3.05, 3.63) is 35.4 Å². The molecular weight excluding hydrogens is 698 g/mol. The summed E-state index contributed by atoms with van der Waals surface area (Å²) in [5.41, 5.74) is 4.21. The zero-order chi connectivity index (χ0) is 38.8. The van der Waals surface area contributed by atoms with Crippen LogP contribution in [0.15, 0.2) is 24.3 Å². The van der Waals surface area contributed by atoms with Crippen LogP contribution in [0.25, 0.3) is 0 Å². The molecule has 1 saturated heterocycles. The molecule has 3 fully saturated rings. The summed E-state index contributed by atoms with van der Waals surface area (Å²) in [4.78, 5) is 67.7. The molecule has 2 saturated carbocycles. The zero-order valence-corrected chi connectivity index (χ0v) is 31.7. The van der Waals surface area contributed by atoms with Gasteiger partial charge in [0, 0.05) is 31.3 Å². The summed E-state index contributed by atoms with van der Waals surface area (Å²) in [5, 5.41) is 10.8. The average molecular weight is 753 g/mol. The number of alkyl halides is 2. The third kappa shape index (κ3) is 9.98. The van der Waals surface area contributed by atoms with E-state index in [1.54, 1.807) is 45.0 Å². The fourth-order valence-corrected chi connectivity index (χ4v) is 9.39. The highest BCUT2D eigenvalue weighted by atomic mass is 32.2. The summed E-state index contributed by atoms with van der Waals surface area (Å²) in [5.74, 6) is -3.26. The van der Waals surface area contributed by atoms with E-state index in [0.717, 1.165) is 31.1 Å². The minimum Gasteiger partial charge on any atom is -0.366 e. The SMILES string of the molecule is CC(C)(C)[C@H](NC(=O)NC1(CS(C)(=O)=O)CCCCC1)C(=O)N1C[C@H]2[C@@H]([C@H]1C(=O)N[C@@H](CC(F)F)C(=O)NCCc1ccc(C(N)=O)cc1)C2(C)C. The number of carbonyl (C=O) groups is 5. The van der Waals surface area contributed by atoms with Crippen molar-refractivity contribution < 1.29 is 41.2 Å². The van der Waals surface area contributed by atoms with Gasteiger partial charge in [-0.2, -0.15) is 0 Å². The molecule has 0 bridgehead atoms. The van der Waals surface area contributed by atoms with E-state index < -0.39 is 81.4 Å². The average Bonchev–Trinajstić information content (AvgIpc) is 3.33. The molecule has 5 atom stereocenters. The Morgan fingerprint density at radius 2 is 1.62 bits per heavy atom. The number of urea groups is 1. The van der Waals surface area contributed by atoms with Gasteiger partial charge < -0.3 is 31.9 Å². The van der Waals surface area contributed by atoms with E-state index in [1.807, 2.05) is 13.8 Å². The molecular formula is C36H54F2N6O7S. The van der Waals surface area contributed by atoms with Crippen molar-refractivity contribution in [2.75, 3.05) is 25.1 Å². The van der Waals surface area contributed by atoms with Gasteiger partial charge in [0.2, 0.25) is 30.1 Å². The number of sulfone groups is 1. The van der Waals surface area contributed by atoms with Gasteiger partial charge >= 0.3 is 6.03 Å². The van der Waals surface area contributed by atoms with Crippen LogP contribution in [0.3, 0.4) is 0 Å². The Labute approximate surface area is 304 Å². The first kappa shape index (κ1) is 40.9. The summed E-state index contributed by atoms with van der Waals surface area (Å²) in [6.45, 7) is 9.46. The molecule has 0 spiro atoms. The molecule has 13 nitrogen and oxygen atoms in total. The van der Waals surface area contributed by atoms with Crippen molar-refractivity contribution in [3.63, 3.8) is 0 Å². The molecule has 4 rings (SSSR count). The predicted octanol–water partition coefficient (Wildman–Crippen LogP) is 2.53. The van der Waals surface area contributed by atoms with Crippen molar-refractivity contribution in [2.45, 2.75) is 110 Å². The van der Waals surface area contributed by atoms with Gasteiger partial charge in [-0.25, -0.2) is 22.0 Å². The number of nitrogens with zero attached hydrogens (tertiary/aromatic N) is 1. The number of nitrogens with one attached hydrogen (secondary N) is 4. The van der Waals surface area contributed by atoms with E-state index in [9.17, 15) is 41.2 Å². The highest BCUT2D eigenvalue weighted by Gasteiger charge is 2.70. The lowest BCUT2D eigenvalue weighted by Crippen LogP contribution is -2.64. The number of piperidine rings is 1. The van der Waals surface area contributed by atoms with Crippen LogP contribution in [0.4, 0.5) is 13.6 Å². The Balaban J connectivity index is 1.48. The smallest absolute Gasteiger partial charge is 0.315 e. The minimum absolute atomic E-state index is 0.0646. The highest BCUT2D eigenvalue weighted by Crippen LogP contribution is 2.65. The van der Waals surface area contributed by atoms with E-state index in [4.69, 9.17) is 5.73 Å². The summed E-state index contributed by atoms with van der Waals surface area (Å²) in [6.07, 6.45) is 0.971. The maximum Gasteiger partial charge on any atom is 0.315 e. The fraction of sp³-hybridized carbons (Fsp3) is 0.694. The number of hydrogen-bond acceptors (Lipinski definition) is 7. The Morgan fingerprint density at radius 3 is 2.15 bits per heavy atom. The van der Waals surface area contributed by atoms with Crippen LogP contribution in [-0.4, -0.2) is 98.2 Å². The number of rotatable bonds is 14. The first-order valence-corrected chi connectivity index (χ1v) is 19.9. The third-order valence-corrected chi connectivity index (χ3v) is 12.0. The number of likely N-dealkylation sites (tertiary alicyclic amines) is 1. The Kier molecular flexibility index (Phi) is 12.3. The van der Waals surface area contributed by atoms with Gasteiger partial charge in [-0.15, -0.1) is 0 Å². The normalized spacial score (nSPS) is 23.2. The number of primary amides is 1. The van der Waals surface area contributed by atoms with Gasteiger partial charge in [-0.3, -0.25) is 19.2 Å². The van der Waals surface area contributed by atoms with E-state index in [2.05, 4.69) is 21.3 Å². The second-order valence-corrected chi connectivity index (χ2v) is 18.6. The third-order valence-electron chi connectivity index (χ3n) is 10.9. The molecule has 1 aromatic rings. The Morgan fingerprint density at radius 1 is 1.00 bits per heavy atom. The molecule has 3 aliphatic rings. The predicted molar refractivity (Wildman–Crippen MR) is 191 cm³/mol. The molecule has 6 N–H and O–H groups in total. The number of hydrogen-bond donors (Lipinski definition) is 5. The Hall–Kier alpha value is -3.82. The first-order valence-electron chi connectivity index (χ1n) is 17.9. The quantitative estimate of drug-likeness (QED) is 0.193. The maximum absolute atomic E-state index is 14.3. The summed E-state index contributed by atoms with van der Waals surface area (Å²) in [6, 6.07) is 1.94. The molecule has 1 aliphatic heterocycles. The minimum atomic E-state index is -3.44. The van der Waals surface area contributed by atoms with Gasteiger partial charge in [-0.1, -0.05) is 66.0 Å². The Bertz CT molecular complexity index is 1620. The van der Waals surface area contributed by atoms with Crippen LogP contribution in [-0.2, 0) is 30.6 Å². The summed E-state index contributed by atoms with van der Waals surface area (Å²) < 4.78 is 52.0. The lowest BCUT2D eigenvalue weighted by atomic mass is 9.83. The molecule has 1 heterocycles. The van der Waals surface area contributed by atoms with Gasteiger partial charge in [0.1, 0.15) is 28.0 Å². The van der Waals surface area contributed by atoms with Crippen LogP contribution in [0.1, 0.15) is 89.1 Å². The van der Waals surface area contributed by atoms with E-state index in [0.29, 0.717) is 24.8 Å².